The number of aliphatic hydroxyl groups is 1. The highest BCUT2D eigenvalue weighted by atomic mass is 16.6. The molecule has 1 spiro atoms. The van der Waals surface area contributed by atoms with E-state index in [4.69, 9.17) is 9.47 Å². The Hall–Kier alpha value is -4.28. The van der Waals surface area contributed by atoms with Gasteiger partial charge in [0, 0.05) is 26.6 Å². The van der Waals surface area contributed by atoms with Crippen molar-refractivity contribution in [2.75, 3.05) is 20.2 Å². The summed E-state index contributed by atoms with van der Waals surface area (Å²) in [5.41, 5.74) is 0.175. The van der Waals surface area contributed by atoms with E-state index >= 15 is 0 Å². The molecule has 2 aromatic rings. The van der Waals surface area contributed by atoms with Crippen LogP contribution in [0.4, 0.5) is 0 Å². The number of esters is 1. The number of carbonyl (C=O) groups excluding carboxylic acids is 4. The molecule has 8 atom stereocenters. The van der Waals surface area contributed by atoms with Gasteiger partial charge in [-0.25, -0.2) is 0 Å². The number of likely N-dealkylation sites (tertiary alicyclic amines) is 1. The Bertz CT molecular complexity index is 1590. The van der Waals surface area contributed by atoms with Crippen molar-refractivity contribution in [3.8, 4) is 0 Å². The van der Waals surface area contributed by atoms with Crippen LogP contribution < -0.4 is 0 Å². The molecule has 2 saturated heterocycles. The van der Waals surface area contributed by atoms with E-state index in [1.54, 1.807) is 29.0 Å². The Balaban J connectivity index is 1.45. The van der Waals surface area contributed by atoms with Gasteiger partial charge in [-0.3, -0.25) is 19.2 Å². The highest BCUT2D eigenvalue weighted by molar-refractivity contribution is 5.99. The molecule has 260 valence electrons. The largest absolute Gasteiger partial charge is 0.455 e. The molecule has 3 amide bonds. The summed E-state index contributed by atoms with van der Waals surface area (Å²) < 4.78 is 13.2. The minimum absolute atomic E-state index is 0.0871. The first-order chi connectivity index (χ1) is 23.6. The Morgan fingerprint density at radius 2 is 1.65 bits per heavy atom. The van der Waals surface area contributed by atoms with Gasteiger partial charge in [0.25, 0.3) is 0 Å². The second-order valence-electron chi connectivity index (χ2n) is 14.1. The summed E-state index contributed by atoms with van der Waals surface area (Å²) in [6, 6.07) is 16.7. The molecule has 49 heavy (non-hydrogen) atoms. The van der Waals surface area contributed by atoms with Crippen LogP contribution in [0, 0.1) is 17.8 Å². The summed E-state index contributed by atoms with van der Waals surface area (Å²) in [6.07, 6.45) is 6.62. The molecule has 2 aromatic carbocycles. The lowest BCUT2D eigenvalue weighted by molar-refractivity contribution is -0.164. The van der Waals surface area contributed by atoms with E-state index in [1.807, 2.05) is 93.6 Å². The van der Waals surface area contributed by atoms with Crippen LogP contribution in [0.25, 0.3) is 0 Å². The fourth-order valence-corrected chi connectivity index (χ4v) is 8.03. The monoisotopic (exact) mass is 669 g/mol. The molecule has 0 unspecified atom stereocenters. The standard InChI is InChI=1S/C39H47N3O7/c1-25(2)22-29(24-43)42-35-37(46)41(23-27-14-7-5-8-15-27)21-13-20-39(35)33(36(42)45)32-30(49-39)18-11-12-19-31(44)40(4)26(3)34(48-38(32)47)28-16-9-6-10-17-28/h5-11,13-18,20,25-26,29-30,32-35,43H,12,19,21-24H2,1-4H3/b18-11-/t26-,29+,30-,32+,33+,34+,35-,39+/m0/s1. The van der Waals surface area contributed by atoms with E-state index < -0.39 is 59.6 Å². The lowest BCUT2D eigenvalue weighted by Crippen LogP contribution is -2.58. The molecule has 0 radical (unpaired) electrons. The van der Waals surface area contributed by atoms with Crippen molar-refractivity contribution in [3.05, 3.63) is 96.1 Å². The summed E-state index contributed by atoms with van der Waals surface area (Å²) >= 11 is 0. The van der Waals surface area contributed by atoms with Crippen LogP contribution in [-0.2, 0) is 35.2 Å². The number of fused-ring (bicyclic) bond motifs is 2. The summed E-state index contributed by atoms with van der Waals surface area (Å²) in [4.78, 5) is 62.2. The van der Waals surface area contributed by atoms with E-state index in [-0.39, 0.29) is 37.3 Å². The predicted molar refractivity (Wildman–Crippen MR) is 182 cm³/mol. The van der Waals surface area contributed by atoms with Crippen LogP contribution in [-0.4, -0.2) is 93.5 Å². The zero-order valence-corrected chi connectivity index (χ0v) is 28.7. The zero-order valence-electron chi connectivity index (χ0n) is 28.7. The van der Waals surface area contributed by atoms with Crippen LogP contribution >= 0.6 is 0 Å². The quantitative estimate of drug-likeness (QED) is 0.349. The highest BCUT2D eigenvalue weighted by Crippen LogP contribution is 2.54. The summed E-state index contributed by atoms with van der Waals surface area (Å²) in [5.74, 6) is -3.47. The lowest BCUT2D eigenvalue weighted by atomic mass is 9.77. The topological polar surface area (TPSA) is 117 Å². The smallest absolute Gasteiger partial charge is 0.313 e. The number of rotatable bonds is 7. The number of aliphatic hydroxyl groups excluding tert-OH is 1. The van der Waals surface area contributed by atoms with Crippen molar-refractivity contribution in [2.24, 2.45) is 17.8 Å². The van der Waals surface area contributed by atoms with Gasteiger partial charge in [-0.15, -0.1) is 0 Å². The van der Waals surface area contributed by atoms with E-state index in [1.165, 1.54) is 4.90 Å². The first-order valence-corrected chi connectivity index (χ1v) is 17.4. The van der Waals surface area contributed by atoms with Crippen molar-refractivity contribution in [3.63, 3.8) is 0 Å². The second-order valence-corrected chi connectivity index (χ2v) is 14.1. The van der Waals surface area contributed by atoms with Gasteiger partial charge in [-0.2, -0.15) is 0 Å². The normalized spacial score (nSPS) is 31.8. The van der Waals surface area contributed by atoms with Gasteiger partial charge in [0.05, 0.1) is 30.7 Å². The number of ether oxygens (including phenoxy) is 2. The van der Waals surface area contributed by atoms with Gasteiger partial charge in [0.1, 0.15) is 23.7 Å². The number of cyclic esters (lactones) is 1. The molecule has 4 aliphatic heterocycles. The number of likely N-dealkylation sites (N-methyl/N-ethyl adjacent to an activating group) is 1. The maximum absolute atomic E-state index is 14.9. The van der Waals surface area contributed by atoms with Gasteiger partial charge in [0.15, 0.2) is 0 Å². The maximum atomic E-state index is 14.9. The Morgan fingerprint density at radius 3 is 2.33 bits per heavy atom. The molecule has 10 nitrogen and oxygen atoms in total. The van der Waals surface area contributed by atoms with Gasteiger partial charge in [-0.05, 0) is 36.8 Å². The SMILES string of the molecule is CC(C)C[C@H](CO)N1C(=O)[C@H]2[C@@H]3C(=O)O[C@@H](c4ccccc4)[C@H](C)N(C)C(=O)CC/C=C\[C@@H]3O[C@]23C=CCN(Cc2ccccc2)C(=O)[C@H]13. The third-order valence-corrected chi connectivity index (χ3v) is 10.5. The second kappa shape index (κ2) is 14.3. The van der Waals surface area contributed by atoms with Crippen LogP contribution in [0.5, 0.6) is 0 Å². The molecule has 0 aromatic heterocycles. The number of hydrogen-bond acceptors (Lipinski definition) is 7. The third-order valence-electron chi connectivity index (χ3n) is 10.5. The molecule has 0 aliphatic carbocycles. The van der Waals surface area contributed by atoms with Crippen LogP contribution in [0.15, 0.2) is 85.0 Å². The average molecular weight is 670 g/mol. The first-order valence-electron chi connectivity index (χ1n) is 17.4. The molecular weight excluding hydrogens is 622 g/mol. The molecule has 2 fully saturated rings. The molecule has 0 saturated carbocycles. The molecule has 10 heteroatoms. The Morgan fingerprint density at radius 1 is 0.959 bits per heavy atom. The van der Waals surface area contributed by atoms with E-state index in [9.17, 15) is 24.3 Å². The summed E-state index contributed by atoms with van der Waals surface area (Å²) in [6.45, 7) is 6.12. The molecular formula is C39H47N3O7. The van der Waals surface area contributed by atoms with Crippen molar-refractivity contribution >= 4 is 23.7 Å². The van der Waals surface area contributed by atoms with E-state index in [2.05, 4.69) is 0 Å². The highest BCUT2D eigenvalue weighted by Gasteiger charge is 2.72. The number of nitrogens with zero attached hydrogens (tertiary/aromatic N) is 3. The van der Waals surface area contributed by atoms with Gasteiger partial charge < -0.3 is 29.3 Å². The molecule has 0 bridgehead atoms. The van der Waals surface area contributed by atoms with Crippen molar-refractivity contribution in [1.82, 2.24) is 14.7 Å². The Labute approximate surface area is 288 Å². The van der Waals surface area contributed by atoms with Crippen molar-refractivity contribution in [1.29, 1.82) is 0 Å². The average Bonchev–Trinajstić information content (AvgIpc) is 3.50. The summed E-state index contributed by atoms with van der Waals surface area (Å²) in [7, 11) is 1.71. The molecule has 4 aliphatic rings. The van der Waals surface area contributed by atoms with Crippen LogP contribution in [0.2, 0.25) is 0 Å². The molecule has 6 rings (SSSR count). The van der Waals surface area contributed by atoms with E-state index in [0.29, 0.717) is 19.4 Å². The predicted octanol–water partition coefficient (Wildman–Crippen LogP) is 4.05. The number of benzene rings is 2. The van der Waals surface area contributed by atoms with Crippen molar-refractivity contribution < 1.29 is 33.8 Å². The van der Waals surface area contributed by atoms with Gasteiger partial charge >= 0.3 is 5.97 Å². The van der Waals surface area contributed by atoms with E-state index in [0.717, 1.165) is 11.1 Å². The number of hydrogen-bond donors (Lipinski definition) is 1. The van der Waals surface area contributed by atoms with Gasteiger partial charge in [-0.1, -0.05) is 98.8 Å². The molecule has 4 heterocycles. The zero-order chi connectivity index (χ0) is 34.9. The minimum atomic E-state index is -1.48. The fraction of sp³-hybridized carbons (Fsp3) is 0.487. The number of amides is 3. The van der Waals surface area contributed by atoms with Crippen molar-refractivity contribution in [2.45, 2.75) is 82.5 Å². The fourth-order valence-electron chi connectivity index (χ4n) is 8.03. The number of allylic oxidation sites excluding steroid dienone is 1. The minimum Gasteiger partial charge on any atom is -0.455 e. The molecule has 1 N–H and O–H groups in total. The maximum Gasteiger partial charge on any atom is 0.313 e. The third kappa shape index (κ3) is 6.44. The van der Waals surface area contributed by atoms with Crippen LogP contribution in [0.3, 0.4) is 0 Å². The number of carbonyl (C=O) groups is 4. The van der Waals surface area contributed by atoms with Gasteiger partial charge in [0.2, 0.25) is 17.7 Å². The Kier molecular flexibility index (Phi) is 10.1. The first kappa shape index (κ1) is 34.6. The lowest BCUT2D eigenvalue weighted by Gasteiger charge is -2.39. The summed E-state index contributed by atoms with van der Waals surface area (Å²) in [5, 5.41) is 10.7. The van der Waals surface area contributed by atoms with Crippen LogP contribution in [0.1, 0.15) is 57.3 Å².